The van der Waals surface area contributed by atoms with Gasteiger partial charge in [-0.3, -0.25) is 4.90 Å². The van der Waals surface area contributed by atoms with Crippen LogP contribution in [0.1, 0.15) is 50.6 Å². The fraction of sp³-hybridized carbons (Fsp3) is 0.600. The molecule has 1 saturated heterocycles. The molecule has 2 amide bonds. The maximum absolute atomic E-state index is 13.4. The molecule has 194 valence electrons. The molecule has 0 unspecified atom stereocenters. The molecule has 1 aliphatic rings. The van der Waals surface area contributed by atoms with Crippen molar-refractivity contribution in [2.45, 2.75) is 64.2 Å². The van der Waals surface area contributed by atoms with Crippen molar-refractivity contribution < 1.29 is 17.9 Å². The number of ether oxygens (including phenoxy) is 1. The van der Waals surface area contributed by atoms with E-state index in [4.69, 9.17) is 4.74 Å². The van der Waals surface area contributed by atoms with Gasteiger partial charge in [-0.05, 0) is 45.7 Å². The number of urea groups is 1. The quantitative estimate of drug-likeness (QED) is 0.533. The predicted molar refractivity (Wildman–Crippen MR) is 136 cm³/mol. The van der Waals surface area contributed by atoms with Crippen molar-refractivity contribution in [3.05, 3.63) is 47.3 Å². The fourth-order valence-corrected chi connectivity index (χ4v) is 5.89. The summed E-state index contributed by atoms with van der Waals surface area (Å²) in [5.41, 5.74) is 2.39. The van der Waals surface area contributed by atoms with E-state index in [0.29, 0.717) is 25.5 Å². The first-order valence-corrected chi connectivity index (χ1v) is 13.9. The molecular weight excluding hydrogens is 466 g/mol. The standard InChI is InChI=1S/C25H39N5O4S/c1-19(2)27-24(31)29(11-10-28-12-14-34-15-13-28)17-23-16-26-25(30(23)20(3)4)35(32,33)18-22-9-7-6-8-21(22)5/h6-9,16,19-20H,10-15,17-18H2,1-5H3,(H,27,31). The molecule has 0 bridgehead atoms. The Bertz CT molecular complexity index is 1090. The molecule has 2 aromatic rings. The third kappa shape index (κ3) is 7.28. The summed E-state index contributed by atoms with van der Waals surface area (Å²) in [6, 6.07) is 7.17. The van der Waals surface area contributed by atoms with Gasteiger partial charge in [-0.2, -0.15) is 0 Å². The minimum Gasteiger partial charge on any atom is -0.379 e. The third-order valence-electron chi connectivity index (χ3n) is 6.08. The largest absolute Gasteiger partial charge is 0.379 e. The predicted octanol–water partition coefficient (Wildman–Crippen LogP) is 3.00. The SMILES string of the molecule is Cc1ccccc1CS(=O)(=O)c1ncc(CN(CCN2CCOCC2)C(=O)NC(C)C)n1C(C)C. The first-order valence-electron chi connectivity index (χ1n) is 12.3. The zero-order valence-corrected chi connectivity index (χ0v) is 22.3. The molecule has 9 nitrogen and oxygen atoms in total. The van der Waals surface area contributed by atoms with E-state index in [1.807, 2.05) is 58.9 Å². The molecule has 0 spiro atoms. The number of benzene rings is 1. The number of imidazole rings is 1. The van der Waals surface area contributed by atoms with Crippen molar-refractivity contribution in [3.8, 4) is 0 Å². The van der Waals surface area contributed by atoms with E-state index in [1.54, 1.807) is 15.7 Å². The Labute approximate surface area is 209 Å². The second-order valence-electron chi connectivity index (χ2n) is 9.66. The highest BCUT2D eigenvalue weighted by Crippen LogP contribution is 2.24. The molecule has 3 rings (SSSR count). The van der Waals surface area contributed by atoms with Gasteiger partial charge in [-0.25, -0.2) is 18.2 Å². The Kier molecular flexibility index (Phi) is 9.32. The first kappa shape index (κ1) is 27.2. The summed E-state index contributed by atoms with van der Waals surface area (Å²) in [4.78, 5) is 21.4. The van der Waals surface area contributed by atoms with E-state index in [2.05, 4.69) is 15.2 Å². The number of nitrogens with one attached hydrogen (secondary N) is 1. The molecule has 0 atom stereocenters. The highest BCUT2D eigenvalue weighted by molar-refractivity contribution is 7.90. The van der Waals surface area contributed by atoms with Gasteiger partial charge in [0.25, 0.3) is 0 Å². The topological polar surface area (TPSA) is 96.8 Å². The van der Waals surface area contributed by atoms with Gasteiger partial charge >= 0.3 is 6.03 Å². The van der Waals surface area contributed by atoms with Crippen LogP contribution in [-0.4, -0.2) is 79.2 Å². The summed E-state index contributed by atoms with van der Waals surface area (Å²) < 4.78 is 34.0. The summed E-state index contributed by atoms with van der Waals surface area (Å²) in [7, 11) is -3.68. The maximum Gasteiger partial charge on any atom is 0.317 e. The number of carbonyl (C=O) groups excluding carboxylic acids is 1. The number of sulfone groups is 1. The number of morpholine rings is 1. The van der Waals surface area contributed by atoms with Gasteiger partial charge in [0.15, 0.2) is 0 Å². The van der Waals surface area contributed by atoms with Crippen molar-refractivity contribution in [3.63, 3.8) is 0 Å². The number of hydrogen-bond acceptors (Lipinski definition) is 6. The molecule has 35 heavy (non-hydrogen) atoms. The first-order chi connectivity index (χ1) is 16.6. The minimum atomic E-state index is -3.68. The molecule has 0 radical (unpaired) electrons. The zero-order chi connectivity index (χ0) is 25.6. The summed E-state index contributed by atoms with van der Waals surface area (Å²) in [5.74, 6) is -0.114. The molecule has 1 aliphatic heterocycles. The summed E-state index contributed by atoms with van der Waals surface area (Å²) in [6.07, 6.45) is 1.59. The van der Waals surface area contributed by atoms with E-state index in [0.717, 1.165) is 30.8 Å². The molecule has 10 heteroatoms. The number of aromatic nitrogens is 2. The highest BCUT2D eigenvalue weighted by atomic mass is 32.2. The van der Waals surface area contributed by atoms with Crippen LogP contribution in [0.5, 0.6) is 0 Å². The highest BCUT2D eigenvalue weighted by Gasteiger charge is 2.27. The van der Waals surface area contributed by atoms with Crippen LogP contribution in [0.2, 0.25) is 0 Å². The van der Waals surface area contributed by atoms with Crippen LogP contribution in [0.4, 0.5) is 4.79 Å². The van der Waals surface area contributed by atoms with E-state index in [-0.39, 0.29) is 35.6 Å². The van der Waals surface area contributed by atoms with Crippen LogP contribution in [-0.2, 0) is 26.9 Å². The van der Waals surface area contributed by atoms with Crippen LogP contribution in [0, 0.1) is 6.92 Å². The van der Waals surface area contributed by atoms with Gasteiger partial charge in [0.2, 0.25) is 15.0 Å². The van der Waals surface area contributed by atoms with Crippen molar-refractivity contribution in [1.82, 2.24) is 24.7 Å². The Morgan fingerprint density at radius 2 is 1.86 bits per heavy atom. The fourth-order valence-electron chi connectivity index (χ4n) is 4.19. The van der Waals surface area contributed by atoms with Gasteiger partial charge in [0.05, 0.1) is 37.4 Å². The summed E-state index contributed by atoms with van der Waals surface area (Å²) in [5, 5.41) is 3.02. The van der Waals surface area contributed by atoms with Crippen molar-refractivity contribution >= 4 is 15.9 Å². The molecule has 1 aromatic heterocycles. The third-order valence-corrected chi connectivity index (χ3v) is 7.63. The Balaban J connectivity index is 1.85. The lowest BCUT2D eigenvalue weighted by Crippen LogP contribution is -2.47. The maximum atomic E-state index is 13.4. The normalized spacial score (nSPS) is 15.1. The van der Waals surface area contributed by atoms with Gasteiger partial charge < -0.3 is 19.5 Å². The second kappa shape index (κ2) is 12.0. The van der Waals surface area contributed by atoms with Crippen LogP contribution in [0.3, 0.4) is 0 Å². The lowest BCUT2D eigenvalue weighted by molar-refractivity contribution is 0.0345. The summed E-state index contributed by atoms with van der Waals surface area (Å²) in [6.45, 7) is 14.2. The number of hydrogen-bond donors (Lipinski definition) is 1. The average molecular weight is 506 g/mol. The monoisotopic (exact) mass is 505 g/mol. The van der Waals surface area contributed by atoms with Crippen LogP contribution in [0.25, 0.3) is 0 Å². The number of amides is 2. The van der Waals surface area contributed by atoms with Gasteiger partial charge in [-0.1, -0.05) is 24.3 Å². The van der Waals surface area contributed by atoms with E-state index >= 15 is 0 Å². The molecule has 1 N–H and O–H groups in total. The molecular formula is C25H39N5O4S. The van der Waals surface area contributed by atoms with Crippen LogP contribution in [0.15, 0.2) is 35.6 Å². The zero-order valence-electron chi connectivity index (χ0n) is 21.5. The van der Waals surface area contributed by atoms with E-state index in [9.17, 15) is 13.2 Å². The van der Waals surface area contributed by atoms with Gasteiger partial charge in [-0.15, -0.1) is 0 Å². The van der Waals surface area contributed by atoms with Crippen LogP contribution >= 0.6 is 0 Å². The lowest BCUT2D eigenvalue weighted by atomic mass is 10.1. The molecule has 2 heterocycles. The van der Waals surface area contributed by atoms with E-state index in [1.165, 1.54) is 0 Å². The molecule has 0 aliphatic carbocycles. The van der Waals surface area contributed by atoms with Gasteiger partial charge in [0.1, 0.15) is 0 Å². The van der Waals surface area contributed by atoms with Crippen molar-refractivity contribution in [1.29, 1.82) is 0 Å². The lowest BCUT2D eigenvalue weighted by Gasteiger charge is -2.31. The Hall–Kier alpha value is -2.43. The average Bonchev–Trinajstić information content (AvgIpc) is 3.23. The van der Waals surface area contributed by atoms with E-state index < -0.39 is 9.84 Å². The number of aryl methyl sites for hydroxylation is 1. The smallest absolute Gasteiger partial charge is 0.317 e. The van der Waals surface area contributed by atoms with Crippen molar-refractivity contribution in [2.75, 3.05) is 39.4 Å². The molecule has 1 fully saturated rings. The minimum absolute atomic E-state index is 0.00607. The van der Waals surface area contributed by atoms with Gasteiger partial charge in [0, 0.05) is 38.3 Å². The number of nitrogens with zero attached hydrogens (tertiary/aromatic N) is 4. The number of rotatable bonds is 10. The van der Waals surface area contributed by atoms with Crippen molar-refractivity contribution in [2.24, 2.45) is 0 Å². The van der Waals surface area contributed by atoms with Crippen LogP contribution < -0.4 is 5.32 Å². The number of carbonyl (C=O) groups is 1. The molecule has 0 saturated carbocycles. The Morgan fingerprint density at radius 1 is 1.17 bits per heavy atom. The Morgan fingerprint density at radius 3 is 2.49 bits per heavy atom. The molecule has 1 aromatic carbocycles. The summed E-state index contributed by atoms with van der Waals surface area (Å²) >= 11 is 0. The second-order valence-corrected chi connectivity index (χ2v) is 11.5.